The summed E-state index contributed by atoms with van der Waals surface area (Å²) < 4.78 is 42.9. The summed E-state index contributed by atoms with van der Waals surface area (Å²) in [7, 11) is 1.34. The number of pyridine rings is 1. The zero-order valence-corrected chi connectivity index (χ0v) is 10.4. The Hall–Kier alpha value is -2.37. The molecule has 0 bridgehead atoms. The fourth-order valence-corrected chi connectivity index (χ4v) is 1.72. The molecular weight excluding hydrogens is 271 g/mol. The van der Waals surface area contributed by atoms with Crippen molar-refractivity contribution >= 4 is 6.29 Å². The number of benzene rings is 1. The molecule has 104 valence electrons. The predicted molar refractivity (Wildman–Crippen MR) is 66.6 cm³/mol. The number of hydrogen-bond acceptors (Lipinski definition) is 3. The van der Waals surface area contributed by atoms with Gasteiger partial charge in [0.05, 0.1) is 23.9 Å². The molecule has 6 heteroatoms. The minimum atomic E-state index is -4.41. The van der Waals surface area contributed by atoms with Gasteiger partial charge in [0, 0.05) is 5.56 Å². The third kappa shape index (κ3) is 2.79. The van der Waals surface area contributed by atoms with E-state index in [1.807, 2.05) is 0 Å². The highest BCUT2D eigenvalue weighted by Crippen LogP contribution is 2.32. The number of aromatic nitrogens is 1. The Morgan fingerprint density at radius 3 is 2.55 bits per heavy atom. The largest absolute Gasteiger partial charge is 0.480 e. The second-order valence-electron chi connectivity index (χ2n) is 3.99. The smallest absolute Gasteiger partial charge is 0.416 e. The molecule has 20 heavy (non-hydrogen) atoms. The van der Waals surface area contributed by atoms with Crippen LogP contribution < -0.4 is 4.74 Å². The van der Waals surface area contributed by atoms with Gasteiger partial charge in [0.1, 0.15) is 0 Å². The minimum Gasteiger partial charge on any atom is -0.480 e. The molecule has 0 saturated carbocycles. The van der Waals surface area contributed by atoms with Crippen molar-refractivity contribution < 1.29 is 22.7 Å². The summed E-state index contributed by atoms with van der Waals surface area (Å²) in [5.74, 6) is 0.0786. The average Bonchev–Trinajstić information content (AvgIpc) is 2.45. The maximum atomic E-state index is 12.7. The van der Waals surface area contributed by atoms with Gasteiger partial charge in [-0.15, -0.1) is 0 Å². The molecule has 0 aliphatic heterocycles. The normalized spacial score (nSPS) is 11.2. The van der Waals surface area contributed by atoms with Crippen molar-refractivity contribution in [3.8, 4) is 17.1 Å². The minimum absolute atomic E-state index is 0.0786. The van der Waals surface area contributed by atoms with Crippen LogP contribution >= 0.6 is 0 Å². The van der Waals surface area contributed by atoms with Crippen LogP contribution in [0.3, 0.4) is 0 Å². The number of carbonyl (C=O) groups excluding carboxylic acids is 1. The fraction of sp³-hybridized carbons (Fsp3) is 0.143. The van der Waals surface area contributed by atoms with E-state index in [-0.39, 0.29) is 11.4 Å². The molecule has 0 fully saturated rings. The van der Waals surface area contributed by atoms with Gasteiger partial charge in [0.15, 0.2) is 6.29 Å². The third-order valence-corrected chi connectivity index (χ3v) is 2.70. The van der Waals surface area contributed by atoms with Crippen LogP contribution in [0.25, 0.3) is 11.3 Å². The lowest BCUT2D eigenvalue weighted by molar-refractivity contribution is -0.137. The number of carbonyl (C=O) groups is 1. The quantitative estimate of drug-likeness (QED) is 0.807. The van der Waals surface area contributed by atoms with E-state index in [2.05, 4.69) is 4.98 Å². The first-order valence-electron chi connectivity index (χ1n) is 5.63. The highest BCUT2D eigenvalue weighted by molar-refractivity contribution is 5.79. The van der Waals surface area contributed by atoms with E-state index in [9.17, 15) is 18.0 Å². The molecule has 2 aromatic rings. The van der Waals surface area contributed by atoms with Crippen molar-refractivity contribution in [2.45, 2.75) is 6.18 Å². The number of rotatable bonds is 3. The van der Waals surface area contributed by atoms with Crippen LogP contribution in [-0.4, -0.2) is 18.4 Å². The SMILES string of the molecule is COc1nc(-c2cccc(C(F)(F)F)c2)ccc1C=O. The van der Waals surface area contributed by atoms with Gasteiger partial charge in [0.25, 0.3) is 0 Å². The van der Waals surface area contributed by atoms with Gasteiger partial charge < -0.3 is 4.74 Å². The summed E-state index contributed by atoms with van der Waals surface area (Å²) in [6, 6.07) is 7.73. The fourth-order valence-electron chi connectivity index (χ4n) is 1.72. The number of halogens is 3. The van der Waals surface area contributed by atoms with E-state index >= 15 is 0 Å². The van der Waals surface area contributed by atoms with Gasteiger partial charge in [0.2, 0.25) is 5.88 Å². The molecule has 2 rings (SSSR count). The van der Waals surface area contributed by atoms with Gasteiger partial charge in [-0.3, -0.25) is 4.79 Å². The summed E-state index contributed by atoms with van der Waals surface area (Å²) in [4.78, 5) is 14.8. The second kappa shape index (κ2) is 5.32. The van der Waals surface area contributed by atoms with Crippen molar-refractivity contribution in [2.75, 3.05) is 7.11 Å². The molecule has 1 aromatic carbocycles. The van der Waals surface area contributed by atoms with Crippen LogP contribution in [0, 0.1) is 0 Å². The lowest BCUT2D eigenvalue weighted by atomic mass is 10.1. The topological polar surface area (TPSA) is 39.2 Å². The van der Waals surface area contributed by atoms with Crippen molar-refractivity contribution in [2.24, 2.45) is 0 Å². The monoisotopic (exact) mass is 281 g/mol. The summed E-state index contributed by atoms with van der Waals surface area (Å²) in [5.41, 5.74) is 0.0904. The molecule has 0 amide bonds. The van der Waals surface area contributed by atoms with Crippen LogP contribution in [-0.2, 0) is 6.18 Å². The van der Waals surface area contributed by atoms with E-state index in [0.29, 0.717) is 17.5 Å². The molecule has 0 unspecified atom stereocenters. The van der Waals surface area contributed by atoms with E-state index in [4.69, 9.17) is 4.74 Å². The van der Waals surface area contributed by atoms with E-state index in [0.717, 1.165) is 12.1 Å². The Balaban J connectivity index is 2.49. The summed E-state index contributed by atoms with van der Waals surface area (Å²) >= 11 is 0. The molecule has 0 N–H and O–H groups in total. The second-order valence-corrected chi connectivity index (χ2v) is 3.99. The Labute approximate surface area is 113 Å². The number of nitrogens with zero attached hydrogens (tertiary/aromatic N) is 1. The molecule has 3 nitrogen and oxygen atoms in total. The highest BCUT2D eigenvalue weighted by atomic mass is 19.4. The first-order valence-corrected chi connectivity index (χ1v) is 5.63. The Bertz CT molecular complexity index is 639. The average molecular weight is 281 g/mol. The van der Waals surface area contributed by atoms with Crippen LogP contribution in [0.2, 0.25) is 0 Å². The van der Waals surface area contributed by atoms with Crippen LogP contribution in [0.15, 0.2) is 36.4 Å². The number of ether oxygens (including phenoxy) is 1. The summed E-state index contributed by atoms with van der Waals surface area (Å²) in [6.07, 6.45) is -3.84. The first kappa shape index (κ1) is 14.0. The van der Waals surface area contributed by atoms with Crippen molar-refractivity contribution in [3.63, 3.8) is 0 Å². The molecule has 0 radical (unpaired) electrons. The summed E-state index contributed by atoms with van der Waals surface area (Å²) in [6.45, 7) is 0. The van der Waals surface area contributed by atoms with Gasteiger partial charge in [-0.2, -0.15) is 13.2 Å². The van der Waals surface area contributed by atoms with Crippen molar-refractivity contribution in [1.82, 2.24) is 4.98 Å². The number of alkyl halides is 3. The maximum Gasteiger partial charge on any atom is 0.416 e. The Kier molecular flexibility index (Phi) is 3.74. The Morgan fingerprint density at radius 1 is 1.20 bits per heavy atom. The molecule has 0 aliphatic rings. The van der Waals surface area contributed by atoms with E-state index < -0.39 is 11.7 Å². The molecule has 1 heterocycles. The third-order valence-electron chi connectivity index (χ3n) is 2.70. The van der Waals surface area contributed by atoms with Crippen LogP contribution in [0.1, 0.15) is 15.9 Å². The maximum absolute atomic E-state index is 12.7. The lowest BCUT2D eigenvalue weighted by Crippen LogP contribution is -2.04. The molecular formula is C14H10F3NO2. The van der Waals surface area contributed by atoms with Gasteiger partial charge in [-0.25, -0.2) is 4.98 Å². The number of hydrogen-bond donors (Lipinski definition) is 0. The van der Waals surface area contributed by atoms with Crippen LogP contribution in [0.4, 0.5) is 13.2 Å². The molecule has 0 saturated heterocycles. The predicted octanol–water partition coefficient (Wildman–Crippen LogP) is 3.59. The summed E-state index contributed by atoms with van der Waals surface area (Å²) in [5, 5.41) is 0. The molecule has 1 aromatic heterocycles. The van der Waals surface area contributed by atoms with Crippen LogP contribution in [0.5, 0.6) is 5.88 Å². The molecule has 0 atom stereocenters. The van der Waals surface area contributed by atoms with Gasteiger partial charge in [-0.05, 0) is 24.3 Å². The van der Waals surface area contributed by atoms with E-state index in [1.165, 1.54) is 31.4 Å². The Morgan fingerprint density at radius 2 is 1.95 bits per heavy atom. The highest BCUT2D eigenvalue weighted by Gasteiger charge is 2.30. The standard InChI is InChI=1S/C14H10F3NO2/c1-20-13-10(8-19)5-6-12(18-13)9-3-2-4-11(7-9)14(15,16)17/h2-8H,1H3. The zero-order valence-electron chi connectivity index (χ0n) is 10.4. The number of methoxy groups -OCH3 is 1. The first-order chi connectivity index (χ1) is 9.45. The zero-order chi connectivity index (χ0) is 14.8. The molecule has 0 aliphatic carbocycles. The van der Waals surface area contributed by atoms with Crippen molar-refractivity contribution in [3.05, 3.63) is 47.5 Å². The molecule has 0 spiro atoms. The van der Waals surface area contributed by atoms with E-state index in [1.54, 1.807) is 0 Å². The number of aldehydes is 1. The van der Waals surface area contributed by atoms with Gasteiger partial charge >= 0.3 is 6.18 Å². The van der Waals surface area contributed by atoms with Gasteiger partial charge in [-0.1, -0.05) is 12.1 Å². The van der Waals surface area contributed by atoms with Crippen molar-refractivity contribution in [1.29, 1.82) is 0 Å². The lowest BCUT2D eigenvalue weighted by Gasteiger charge is -2.09.